The lowest BCUT2D eigenvalue weighted by atomic mass is 10.1. The van der Waals surface area contributed by atoms with Gasteiger partial charge in [-0.05, 0) is 39.3 Å². The van der Waals surface area contributed by atoms with Crippen LogP contribution in [0.25, 0.3) is 0 Å². The lowest BCUT2D eigenvalue weighted by molar-refractivity contribution is -0.0303. The smallest absolute Gasteiger partial charge is 0.335 e. The highest BCUT2D eigenvalue weighted by Gasteiger charge is 2.52. The van der Waals surface area contributed by atoms with Crippen LogP contribution in [-0.4, -0.2) is 50.7 Å². The number of hydrogen-bond donors (Lipinski definition) is 0. The van der Waals surface area contributed by atoms with Crippen molar-refractivity contribution in [2.75, 3.05) is 6.61 Å². The maximum absolute atomic E-state index is 12.8. The minimum Gasteiger partial charge on any atom is -0.476 e. The van der Waals surface area contributed by atoms with E-state index in [1.807, 2.05) is 0 Å². The number of hydrogen-bond acceptors (Lipinski definition) is 6. The first-order valence-electron chi connectivity index (χ1n) is 8.84. The van der Waals surface area contributed by atoms with Gasteiger partial charge in [0.2, 0.25) is 5.88 Å². The van der Waals surface area contributed by atoms with Gasteiger partial charge in [-0.2, -0.15) is 0 Å². The molecule has 0 saturated carbocycles. The van der Waals surface area contributed by atoms with E-state index in [2.05, 4.69) is 39.3 Å². The Morgan fingerprint density at radius 2 is 1.62 bits per heavy atom. The minimum absolute atomic E-state index is 0.212. The van der Waals surface area contributed by atoms with E-state index >= 15 is 0 Å². The molecule has 0 radical (unpaired) electrons. The zero-order valence-corrected chi connectivity index (χ0v) is 18.4. The summed E-state index contributed by atoms with van der Waals surface area (Å²) in [4.78, 5) is 24.7. The molecule has 2 bridgehead atoms. The van der Waals surface area contributed by atoms with Gasteiger partial charge in [0, 0.05) is 7.05 Å². The summed E-state index contributed by atoms with van der Waals surface area (Å²) in [7, 11) is -2.39. The van der Waals surface area contributed by atoms with Crippen LogP contribution < -0.4 is 16.0 Å². The fourth-order valence-electron chi connectivity index (χ4n) is 3.27. The largest absolute Gasteiger partial charge is 0.476 e. The van der Waals surface area contributed by atoms with E-state index in [1.54, 1.807) is 0 Å². The van der Waals surface area contributed by atoms with Crippen LogP contribution in [0.5, 0.6) is 5.88 Å². The van der Waals surface area contributed by atoms with E-state index in [0.29, 0.717) is 0 Å². The van der Waals surface area contributed by atoms with Crippen molar-refractivity contribution in [3.05, 3.63) is 26.9 Å². The zero-order chi connectivity index (χ0) is 19.4. The lowest BCUT2D eigenvalue weighted by Crippen LogP contribution is -2.51. The molecule has 0 aromatic carbocycles. The first-order valence-corrected chi connectivity index (χ1v) is 15.7. The quantitative estimate of drug-likeness (QED) is 0.708. The van der Waals surface area contributed by atoms with E-state index in [4.69, 9.17) is 18.3 Å². The van der Waals surface area contributed by atoms with Crippen molar-refractivity contribution in [2.45, 2.75) is 63.8 Å². The van der Waals surface area contributed by atoms with Crippen LogP contribution in [0.1, 0.15) is 6.23 Å². The second-order valence-corrected chi connectivity index (χ2v) is 17.7. The molecule has 2 aliphatic heterocycles. The van der Waals surface area contributed by atoms with E-state index in [1.165, 1.54) is 17.7 Å². The molecule has 1 fully saturated rings. The Labute approximate surface area is 154 Å². The Hall–Kier alpha value is -1.21. The molecular weight excluding hydrogens is 372 g/mol. The average molecular weight is 401 g/mol. The predicted octanol–water partition coefficient (Wildman–Crippen LogP) is 1.28. The number of nitrogens with zero attached hydrogens (tertiary/aromatic N) is 2. The summed E-state index contributed by atoms with van der Waals surface area (Å²) in [5.41, 5.74) is -0.882. The monoisotopic (exact) mass is 400 g/mol. The van der Waals surface area contributed by atoms with Crippen LogP contribution >= 0.6 is 0 Å². The van der Waals surface area contributed by atoms with Crippen LogP contribution in [0.2, 0.25) is 39.3 Å². The number of aromatic nitrogens is 2. The molecule has 4 unspecified atom stereocenters. The molecular formula is C16H28N2O6Si2. The molecule has 0 N–H and O–H groups in total. The highest BCUT2D eigenvalue weighted by Crippen LogP contribution is 2.39. The maximum Gasteiger partial charge on any atom is 0.335 e. The van der Waals surface area contributed by atoms with Crippen LogP contribution in [0, 0.1) is 0 Å². The molecule has 1 aromatic heterocycles. The third kappa shape index (κ3) is 3.74. The zero-order valence-electron chi connectivity index (χ0n) is 16.4. The number of rotatable bonds is 4. The van der Waals surface area contributed by atoms with Gasteiger partial charge in [-0.1, -0.05) is 0 Å². The normalized spacial score (nSPS) is 28.4. The summed E-state index contributed by atoms with van der Waals surface area (Å²) < 4.78 is 27.1. The summed E-state index contributed by atoms with van der Waals surface area (Å²) >= 11 is 0. The standard InChI is InChI=1S/C16H28N2O6Si2/c1-17-11(19)8-12-18(16(17)20)15-14(24-26(5,6)7)13(23-25(2,3)4)10(22-15)9-21-12/h8,10,13-15H,9H2,1-7H3. The van der Waals surface area contributed by atoms with Crippen molar-refractivity contribution in [2.24, 2.45) is 7.05 Å². The van der Waals surface area contributed by atoms with Gasteiger partial charge in [-0.25, -0.2) is 9.36 Å². The minimum atomic E-state index is -1.95. The first kappa shape index (κ1) is 19.6. The molecule has 0 amide bonds. The van der Waals surface area contributed by atoms with Crippen molar-refractivity contribution in [3.8, 4) is 5.88 Å². The topological polar surface area (TPSA) is 80.9 Å². The van der Waals surface area contributed by atoms with Gasteiger partial charge < -0.3 is 18.3 Å². The average Bonchev–Trinajstić information content (AvgIpc) is 2.66. The van der Waals surface area contributed by atoms with Crippen LogP contribution in [0.15, 0.2) is 15.7 Å². The van der Waals surface area contributed by atoms with Crippen LogP contribution in [-0.2, 0) is 20.6 Å². The molecule has 3 rings (SSSR count). The summed E-state index contributed by atoms with van der Waals surface area (Å²) in [5, 5.41) is 0. The molecule has 4 atom stereocenters. The van der Waals surface area contributed by atoms with Gasteiger partial charge in [-0.15, -0.1) is 0 Å². The predicted molar refractivity (Wildman–Crippen MR) is 102 cm³/mol. The second kappa shape index (κ2) is 6.45. The SMILES string of the molecule is Cn1c(=O)cc2n(c1=O)C1OC(CO2)C(O[Si](C)(C)C)C1O[Si](C)(C)C. The van der Waals surface area contributed by atoms with Crippen molar-refractivity contribution in [1.29, 1.82) is 0 Å². The Bertz CT molecular complexity index is 807. The molecule has 1 saturated heterocycles. The Kier molecular flexibility index (Phi) is 4.85. The first-order chi connectivity index (χ1) is 11.9. The van der Waals surface area contributed by atoms with Crippen molar-refractivity contribution in [3.63, 3.8) is 0 Å². The summed E-state index contributed by atoms with van der Waals surface area (Å²) in [5.74, 6) is 0.223. The number of fused-ring (bicyclic) bond motifs is 4. The Morgan fingerprint density at radius 3 is 2.19 bits per heavy atom. The Morgan fingerprint density at radius 1 is 1.04 bits per heavy atom. The van der Waals surface area contributed by atoms with Gasteiger partial charge in [0.05, 0.1) is 6.07 Å². The molecule has 3 heterocycles. The fourth-order valence-corrected chi connectivity index (χ4v) is 5.44. The van der Waals surface area contributed by atoms with Crippen molar-refractivity contribution < 1.29 is 18.3 Å². The van der Waals surface area contributed by atoms with Gasteiger partial charge >= 0.3 is 5.69 Å². The molecule has 0 spiro atoms. The fraction of sp³-hybridized carbons (Fsp3) is 0.750. The van der Waals surface area contributed by atoms with E-state index in [9.17, 15) is 9.59 Å². The van der Waals surface area contributed by atoms with Gasteiger partial charge in [0.15, 0.2) is 22.9 Å². The summed E-state index contributed by atoms with van der Waals surface area (Å²) in [6.45, 7) is 12.8. The molecule has 8 nitrogen and oxygen atoms in total. The highest BCUT2D eigenvalue weighted by molar-refractivity contribution is 6.70. The molecule has 146 valence electrons. The molecule has 2 aliphatic rings. The van der Waals surface area contributed by atoms with E-state index < -0.39 is 40.2 Å². The van der Waals surface area contributed by atoms with E-state index in [-0.39, 0.29) is 24.7 Å². The third-order valence-corrected chi connectivity index (χ3v) is 6.18. The molecule has 10 heteroatoms. The second-order valence-electron chi connectivity index (χ2n) is 8.80. The van der Waals surface area contributed by atoms with Crippen molar-refractivity contribution >= 4 is 16.6 Å². The van der Waals surface area contributed by atoms with E-state index in [0.717, 1.165) is 4.57 Å². The van der Waals surface area contributed by atoms with Gasteiger partial charge in [0.25, 0.3) is 5.56 Å². The Balaban J connectivity index is 2.11. The van der Waals surface area contributed by atoms with Gasteiger partial charge in [-0.3, -0.25) is 9.36 Å². The molecule has 0 aliphatic carbocycles. The lowest BCUT2D eigenvalue weighted by Gasteiger charge is -2.35. The summed E-state index contributed by atoms with van der Waals surface area (Å²) in [6, 6.07) is 1.32. The number of ether oxygens (including phenoxy) is 2. The summed E-state index contributed by atoms with van der Waals surface area (Å²) in [6.07, 6.45) is -1.76. The van der Waals surface area contributed by atoms with Crippen molar-refractivity contribution in [1.82, 2.24) is 9.13 Å². The molecule has 1 aromatic rings. The van der Waals surface area contributed by atoms with Crippen LogP contribution in [0.3, 0.4) is 0 Å². The highest BCUT2D eigenvalue weighted by atomic mass is 28.4. The van der Waals surface area contributed by atoms with Crippen LogP contribution in [0.4, 0.5) is 0 Å². The third-order valence-electron chi connectivity index (χ3n) is 4.22. The molecule has 26 heavy (non-hydrogen) atoms. The van der Waals surface area contributed by atoms with Gasteiger partial charge in [0.1, 0.15) is 24.9 Å². The maximum atomic E-state index is 12.8.